The number of hydrogen-bond acceptors (Lipinski definition) is 4. The first-order chi connectivity index (χ1) is 10.4. The number of benzene rings is 1. The van der Waals surface area contributed by atoms with E-state index < -0.39 is 15.8 Å². The third-order valence-corrected chi connectivity index (χ3v) is 5.04. The Kier molecular flexibility index (Phi) is 5.19. The summed E-state index contributed by atoms with van der Waals surface area (Å²) in [5, 5.41) is 8.41. The van der Waals surface area contributed by atoms with Crippen LogP contribution < -0.4 is 0 Å². The SMILES string of the molecule is N#CCCN(Cc1ccco1)S(=O)(=O)c1ccc(F)c(Cl)c1. The third kappa shape index (κ3) is 3.65. The molecule has 1 heterocycles. The van der Waals surface area contributed by atoms with Crippen molar-refractivity contribution < 1.29 is 17.2 Å². The Bertz CT molecular complexity index is 785. The number of halogens is 2. The molecule has 2 aromatic rings. The molecule has 0 saturated heterocycles. The summed E-state index contributed by atoms with van der Waals surface area (Å²) < 4.78 is 44.7. The van der Waals surface area contributed by atoms with Crippen LogP contribution in [0.3, 0.4) is 0 Å². The summed E-state index contributed by atoms with van der Waals surface area (Å²) in [4.78, 5) is -0.136. The monoisotopic (exact) mass is 342 g/mol. The van der Waals surface area contributed by atoms with E-state index in [1.54, 1.807) is 12.1 Å². The van der Waals surface area contributed by atoms with Crippen LogP contribution in [0.15, 0.2) is 45.9 Å². The fourth-order valence-corrected chi connectivity index (χ4v) is 3.50. The van der Waals surface area contributed by atoms with Gasteiger partial charge < -0.3 is 4.42 Å². The molecule has 0 atom stereocenters. The van der Waals surface area contributed by atoms with Gasteiger partial charge in [0.05, 0.1) is 28.8 Å². The first-order valence-corrected chi connectivity index (χ1v) is 8.11. The van der Waals surface area contributed by atoms with Crippen molar-refractivity contribution in [3.8, 4) is 6.07 Å². The molecule has 8 heteroatoms. The largest absolute Gasteiger partial charge is 0.468 e. The molecule has 0 fully saturated rings. The molecule has 2 rings (SSSR count). The van der Waals surface area contributed by atoms with Gasteiger partial charge in [-0.15, -0.1) is 0 Å². The molecular formula is C14H12ClFN2O3S. The minimum Gasteiger partial charge on any atom is -0.468 e. The van der Waals surface area contributed by atoms with Crippen LogP contribution in [0, 0.1) is 17.1 Å². The molecule has 0 aliphatic carbocycles. The van der Waals surface area contributed by atoms with Crippen molar-refractivity contribution in [1.82, 2.24) is 4.31 Å². The highest BCUT2D eigenvalue weighted by Gasteiger charge is 2.26. The highest BCUT2D eigenvalue weighted by atomic mass is 35.5. The molecule has 0 radical (unpaired) electrons. The molecule has 0 unspecified atom stereocenters. The third-order valence-electron chi connectivity index (χ3n) is 2.91. The first-order valence-electron chi connectivity index (χ1n) is 6.29. The number of hydrogen-bond donors (Lipinski definition) is 0. The molecule has 0 saturated carbocycles. The molecule has 0 spiro atoms. The maximum atomic E-state index is 13.2. The summed E-state index contributed by atoms with van der Waals surface area (Å²) in [7, 11) is -3.92. The summed E-state index contributed by atoms with van der Waals surface area (Å²) in [5.74, 6) is -0.259. The smallest absolute Gasteiger partial charge is 0.243 e. The minimum atomic E-state index is -3.92. The maximum Gasteiger partial charge on any atom is 0.243 e. The standard InChI is InChI=1S/C14H12ClFN2O3S/c15-13-9-12(4-5-14(13)16)22(19,20)18(7-2-6-17)10-11-3-1-8-21-11/h1,3-5,8-9H,2,7,10H2. The summed E-state index contributed by atoms with van der Waals surface area (Å²) in [5.41, 5.74) is 0. The number of sulfonamides is 1. The number of rotatable bonds is 6. The van der Waals surface area contributed by atoms with Crippen LogP contribution in [-0.4, -0.2) is 19.3 Å². The summed E-state index contributed by atoms with van der Waals surface area (Å²) >= 11 is 5.64. The van der Waals surface area contributed by atoms with Gasteiger partial charge in [0.15, 0.2) is 0 Å². The average molecular weight is 343 g/mol. The van der Waals surface area contributed by atoms with Gasteiger partial charge in [0.25, 0.3) is 0 Å². The van der Waals surface area contributed by atoms with Crippen molar-refractivity contribution in [2.75, 3.05) is 6.54 Å². The Labute approximate surface area is 132 Å². The maximum absolute atomic E-state index is 13.2. The van der Waals surface area contributed by atoms with E-state index in [2.05, 4.69) is 0 Å². The Morgan fingerprint density at radius 1 is 1.36 bits per heavy atom. The molecule has 0 bridgehead atoms. The lowest BCUT2D eigenvalue weighted by Crippen LogP contribution is -2.31. The van der Waals surface area contributed by atoms with Crippen LogP contribution in [-0.2, 0) is 16.6 Å². The van der Waals surface area contributed by atoms with E-state index in [4.69, 9.17) is 21.3 Å². The molecule has 0 aliphatic heterocycles. The summed E-state index contributed by atoms with van der Waals surface area (Å²) in [6.45, 7) is -0.0272. The van der Waals surface area contributed by atoms with Crippen LogP contribution in [0.1, 0.15) is 12.2 Å². The van der Waals surface area contributed by atoms with E-state index in [-0.39, 0.29) is 29.4 Å². The van der Waals surface area contributed by atoms with Crippen LogP contribution in [0.5, 0.6) is 0 Å². The minimum absolute atomic E-state index is 0.00543. The van der Waals surface area contributed by atoms with Crippen LogP contribution in [0.25, 0.3) is 0 Å². The quantitative estimate of drug-likeness (QED) is 0.808. The highest BCUT2D eigenvalue weighted by molar-refractivity contribution is 7.89. The van der Waals surface area contributed by atoms with E-state index in [0.717, 1.165) is 22.5 Å². The fraction of sp³-hybridized carbons (Fsp3) is 0.214. The van der Waals surface area contributed by atoms with Crippen molar-refractivity contribution in [3.05, 3.63) is 53.2 Å². The van der Waals surface area contributed by atoms with Gasteiger partial charge in [0.2, 0.25) is 10.0 Å². The van der Waals surface area contributed by atoms with E-state index in [1.165, 1.54) is 6.26 Å². The molecule has 22 heavy (non-hydrogen) atoms. The normalized spacial score (nSPS) is 11.5. The second-order valence-electron chi connectivity index (χ2n) is 4.40. The number of nitrogens with zero attached hydrogens (tertiary/aromatic N) is 2. The van der Waals surface area contributed by atoms with E-state index in [1.807, 2.05) is 6.07 Å². The fourth-order valence-electron chi connectivity index (χ4n) is 1.82. The van der Waals surface area contributed by atoms with E-state index >= 15 is 0 Å². The van der Waals surface area contributed by atoms with Gasteiger partial charge in [-0.3, -0.25) is 0 Å². The molecule has 5 nitrogen and oxygen atoms in total. The Morgan fingerprint density at radius 2 is 2.14 bits per heavy atom. The van der Waals surface area contributed by atoms with Crippen LogP contribution in [0.4, 0.5) is 4.39 Å². The second kappa shape index (κ2) is 6.92. The van der Waals surface area contributed by atoms with Gasteiger partial charge in [-0.05, 0) is 30.3 Å². The molecule has 116 valence electrons. The first kappa shape index (κ1) is 16.5. The summed E-state index contributed by atoms with van der Waals surface area (Å²) in [6.07, 6.45) is 1.45. The molecule has 0 N–H and O–H groups in total. The average Bonchev–Trinajstić information content (AvgIpc) is 2.99. The lowest BCUT2D eigenvalue weighted by molar-refractivity contribution is 0.368. The predicted octanol–water partition coefficient (Wildman–Crippen LogP) is 3.18. The van der Waals surface area contributed by atoms with E-state index in [0.29, 0.717) is 5.76 Å². The van der Waals surface area contributed by atoms with Gasteiger partial charge in [-0.1, -0.05) is 11.6 Å². The van der Waals surface area contributed by atoms with Crippen LogP contribution in [0.2, 0.25) is 5.02 Å². The molecule has 0 aliphatic rings. The molecule has 0 amide bonds. The van der Waals surface area contributed by atoms with Crippen LogP contribution >= 0.6 is 11.6 Å². The molecule has 1 aromatic carbocycles. The van der Waals surface area contributed by atoms with Gasteiger partial charge in [0, 0.05) is 13.0 Å². The predicted molar refractivity (Wildman–Crippen MR) is 77.9 cm³/mol. The Morgan fingerprint density at radius 3 is 2.73 bits per heavy atom. The van der Waals surface area contributed by atoms with Gasteiger partial charge >= 0.3 is 0 Å². The van der Waals surface area contributed by atoms with Crippen molar-refractivity contribution in [3.63, 3.8) is 0 Å². The van der Waals surface area contributed by atoms with Crippen molar-refractivity contribution in [2.24, 2.45) is 0 Å². The van der Waals surface area contributed by atoms with Crippen molar-refractivity contribution in [2.45, 2.75) is 17.9 Å². The lowest BCUT2D eigenvalue weighted by Gasteiger charge is -2.20. The Balaban J connectivity index is 2.35. The second-order valence-corrected chi connectivity index (χ2v) is 6.75. The molecular weight excluding hydrogens is 331 g/mol. The number of furan rings is 1. The van der Waals surface area contributed by atoms with Crippen molar-refractivity contribution in [1.29, 1.82) is 5.26 Å². The Hall–Kier alpha value is -1.88. The van der Waals surface area contributed by atoms with Gasteiger partial charge in [-0.2, -0.15) is 9.57 Å². The zero-order chi connectivity index (χ0) is 16.2. The summed E-state index contributed by atoms with van der Waals surface area (Å²) in [6, 6.07) is 8.35. The molecule has 1 aromatic heterocycles. The lowest BCUT2D eigenvalue weighted by atomic mass is 10.3. The topological polar surface area (TPSA) is 74.3 Å². The zero-order valence-electron chi connectivity index (χ0n) is 11.4. The number of nitriles is 1. The van der Waals surface area contributed by atoms with Gasteiger partial charge in [0.1, 0.15) is 11.6 Å². The van der Waals surface area contributed by atoms with E-state index in [9.17, 15) is 12.8 Å². The van der Waals surface area contributed by atoms with Crippen molar-refractivity contribution >= 4 is 21.6 Å². The highest BCUT2D eigenvalue weighted by Crippen LogP contribution is 2.23. The zero-order valence-corrected chi connectivity index (χ0v) is 12.9. The van der Waals surface area contributed by atoms with Gasteiger partial charge in [-0.25, -0.2) is 12.8 Å².